The van der Waals surface area contributed by atoms with Crippen LogP contribution in [0.3, 0.4) is 0 Å². The van der Waals surface area contributed by atoms with E-state index in [1.165, 1.54) is 24.9 Å². The van der Waals surface area contributed by atoms with Gasteiger partial charge in [-0.05, 0) is 68.4 Å². The van der Waals surface area contributed by atoms with E-state index >= 15 is 0 Å². The van der Waals surface area contributed by atoms with Crippen LogP contribution in [0.25, 0.3) is 0 Å². The van der Waals surface area contributed by atoms with Crippen molar-refractivity contribution in [1.82, 2.24) is 4.98 Å². The van der Waals surface area contributed by atoms with Crippen LogP contribution in [0.15, 0.2) is 36.4 Å². The number of anilines is 1. The van der Waals surface area contributed by atoms with Crippen LogP contribution >= 0.6 is 0 Å². The van der Waals surface area contributed by atoms with Gasteiger partial charge < -0.3 is 4.90 Å². The highest BCUT2D eigenvalue weighted by atomic mass is 16.1. The summed E-state index contributed by atoms with van der Waals surface area (Å²) >= 11 is 0. The van der Waals surface area contributed by atoms with Crippen molar-refractivity contribution in [3.63, 3.8) is 0 Å². The number of aromatic nitrogens is 1. The summed E-state index contributed by atoms with van der Waals surface area (Å²) < 4.78 is 0. The maximum Gasteiger partial charge on any atom is 0.164 e. The molecule has 1 aliphatic carbocycles. The molecular weight excluding hydrogens is 308 g/mol. The Balaban J connectivity index is 1.56. The first-order chi connectivity index (χ1) is 12.3. The van der Waals surface area contributed by atoms with Crippen LogP contribution in [0, 0.1) is 11.8 Å². The highest BCUT2D eigenvalue weighted by Gasteiger charge is 2.18. The first-order valence-corrected chi connectivity index (χ1v) is 9.20. The topological polar surface area (TPSA) is 33.2 Å². The summed E-state index contributed by atoms with van der Waals surface area (Å²) in [5, 5.41) is 0. The van der Waals surface area contributed by atoms with Crippen molar-refractivity contribution in [3.8, 4) is 11.8 Å². The van der Waals surface area contributed by atoms with Gasteiger partial charge in [0, 0.05) is 36.3 Å². The number of pyridine rings is 1. The Kier molecular flexibility index (Phi) is 4.52. The van der Waals surface area contributed by atoms with Gasteiger partial charge in [0.2, 0.25) is 0 Å². The first kappa shape index (κ1) is 15.9. The molecule has 0 atom stereocenters. The zero-order chi connectivity index (χ0) is 17.1. The molecule has 0 N–H and O–H groups in total. The summed E-state index contributed by atoms with van der Waals surface area (Å²) in [7, 11) is 0. The number of ketones is 1. The third-order valence-corrected chi connectivity index (χ3v) is 4.99. The lowest BCUT2D eigenvalue weighted by molar-refractivity contribution is 0.0971. The number of carbonyl (C=O) groups excluding carboxylic acids is 1. The van der Waals surface area contributed by atoms with Crippen LogP contribution in [0.4, 0.5) is 5.69 Å². The minimum atomic E-state index is 0.211. The van der Waals surface area contributed by atoms with Crippen LogP contribution < -0.4 is 4.90 Å². The average Bonchev–Trinajstić information content (AvgIpc) is 2.67. The van der Waals surface area contributed by atoms with Gasteiger partial charge in [0.25, 0.3) is 0 Å². The van der Waals surface area contributed by atoms with Gasteiger partial charge in [-0.3, -0.25) is 4.79 Å². The number of Topliss-reactive ketones (excluding diaryl/α,β-unsaturated/α-hetero) is 1. The fraction of sp³-hybridized carbons (Fsp3) is 0.364. The van der Waals surface area contributed by atoms with Crippen molar-refractivity contribution in [1.29, 1.82) is 0 Å². The molecule has 3 nitrogen and oxygen atoms in total. The third-order valence-electron chi connectivity index (χ3n) is 4.99. The molecule has 2 aromatic rings. The second-order valence-electron chi connectivity index (χ2n) is 6.82. The van der Waals surface area contributed by atoms with E-state index in [1.54, 1.807) is 0 Å². The lowest BCUT2D eigenvalue weighted by atomic mass is 9.94. The molecule has 0 radical (unpaired) electrons. The predicted octanol–water partition coefficient (Wildman–Crippen LogP) is 3.99. The summed E-state index contributed by atoms with van der Waals surface area (Å²) in [6, 6.07) is 12.2. The van der Waals surface area contributed by atoms with Crippen LogP contribution in [-0.4, -0.2) is 23.9 Å². The van der Waals surface area contributed by atoms with E-state index in [9.17, 15) is 4.79 Å². The Morgan fingerprint density at radius 2 is 1.80 bits per heavy atom. The van der Waals surface area contributed by atoms with E-state index in [2.05, 4.69) is 39.9 Å². The molecule has 0 spiro atoms. The summed E-state index contributed by atoms with van der Waals surface area (Å²) in [5.74, 6) is 6.61. The van der Waals surface area contributed by atoms with Gasteiger partial charge in [0.1, 0.15) is 5.69 Å². The van der Waals surface area contributed by atoms with Crippen molar-refractivity contribution in [3.05, 3.63) is 58.9 Å². The maximum atomic E-state index is 11.9. The van der Waals surface area contributed by atoms with Crippen LogP contribution in [0.2, 0.25) is 0 Å². The van der Waals surface area contributed by atoms with Crippen molar-refractivity contribution in [2.75, 3.05) is 18.0 Å². The van der Waals surface area contributed by atoms with Crippen LogP contribution in [-0.2, 0) is 6.42 Å². The number of nitrogens with zero attached hydrogens (tertiary/aromatic N) is 2. The Morgan fingerprint density at radius 1 is 0.920 bits per heavy atom. The van der Waals surface area contributed by atoms with E-state index < -0.39 is 0 Å². The number of aryl methyl sites for hydroxylation is 1. The van der Waals surface area contributed by atoms with Gasteiger partial charge in [0.05, 0.1) is 5.69 Å². The molecule has 2 heterocycles. The van der Waals surface area contributed by atoms with E-state index in [4.69, 9.17) is 0 Å². The smallest absolute Gasteiger partial charge is 0.164 e. The fourth-order valence-corrected chi connectivity index (χ4v) is 3.64. The molecule has 4 rings (SSSR count). The molecule has 1 aliphatic heterocycles. The molecule has 126 valence electrons. The normalized spacial score (nSPS) is 16.8. The lowest BCUT2D eigenvalue weighted by Crippen LogP contribution is -2.29. The van der Waals surface area contributed by atoms with Crippen LogP contribution in [0.5, 0.6) is 0 Å². The Labute approximate surface area is 149 Å². The minimum Gasteiger partial charge on any atom is -0.372 e. The number of benzene rings is 1. The Bertz CT molecular complexity index is 854. The largest absolute Gasteiger partial charge is 0.372 e. The molecule has 0 bridgehead atoms. The molecule has 25 heavy (non-hydrogen) atoms. The van der Waals surface area contributed by atoms with E-state index in [0.717, 1.165) is 48.4 Å². The zero-order valence-corrected chi connectivity index (χ0v) is 14.4. The second-order valence-corrected chi connectivity index (χ2v) is 6.82. The summed E-state index contributed by atoms with van der Waals surface area (Å²) in [4.78, 5) is 18.9. The van der Waals surface area contributed by atoms with Crippen molar-refractivity contribution >= 4 is 11.5 Å². The fourth-order valence-electron chi connectivity index (χ4n) is 3.64. The molecule has 0 amide bonds. The molecule has 3 heteroatoms. The molecule has 1 fully saturated rings. The highest BCUT2D eigenvalue weighted by Crippen LogP contribution is 2.21. The molecule has 0 saturated carbocycles. The molecule has 1 aromatic carbocycles. The standard InChI is InChI=1S/C22H22N2O/c25-22-9-5-8-21-20(22)13-12-18(23-21)11-10-17-6-4-7-19(16-17)24-14-2-1-3-15-24/h4,6-7,12-13,16H,1-3,5,8-9,14-15H2. The number of rotatable bonds is 1. The second kappa shape index (κ2) is 7.11. The van der Waals surface area contributed by atoms with Crippen LogP contribution in [0.1, 0.15) is 59.4 Å². The number of hydrogen-bond donors (Lipinski definition) is 0. The number of piperidine rings is 1. The van der Waals surface area contributed by atoms with Gasteiger partial charge in [0.15, 0.2) is 5.78 Å². The molecular formula is C22H22N2O. The quantitative estimate of drug-likeness (QED) is 0.741. The summed E-state index contributed by atoms with van der Waals surface area (Å²) in [6.07, 6.45) is 6.29. The maximum absolute atomic E-state index is 11.9. The molecule has 1 aromatic heterocycles. The minimum absolute atomic E-state index is 0.211. The van der Waals surface area contributed by atoms with Gasteiger partial charge in [-0.1, -0.05) is 12.0 Å². The summed E-state index contributed by atoms with van der Waals surface area (Å²) in [5.41, 5.74) is 4.71. The molecule has 2 aliphatic rings. The third kappa shape index (κ3) is 3.58. The van der Waals surface area contributed by atoms with Gasteiger partial charge in [-0.15, -0.1) is 0 Å². The lowest BCUT2D eigenvalue weighted by Gasteiger charge is -2.28. The molecule has 0 unspecified atom stereocenters. The van der Waals surface area contributed by atoms with Crippen molar-refractivity contribution in [2.45, 2.75) is 38.5 Å². The van der Waals surface area contributed by atoms with Gasteiger partial charge in [-0.25, -0.2) is 4.98 Å². The monoisotopic (exact) mass is 330 g/mol. The SMILES string of the molecule is O=C1CCCc2nc(C#Cc3cccc(N4CCCCC4)c3)ccc21. The Morgan fingerprint density at radius 3 is 2.68 bits per heavy atom. The predicted molar refractivity (Wildman–Crippen MR) is 100.0 cm³/mol. The van der Waals surface area contributed by atoms with Gasteiger partial charge in [-0.2, -0.15) is 0 Å². The van der Waals surface area contributed by atoms with E-state index in [-0.39, 0.29) is 5.78 Å². The summed E-state index contributed by atoms with van der Waals surface area (Å²) in [6.45, 7) is 2.27. The first-order valence-electron chi connectivity index (χ1n) is 9.20. The zero-order valence-electron chi connectivity index (χ0n) is 14.4. The van der Waals surface area contributed by atoms with E-state index in [1.807, 2.05) is 18.2 Å². The Hall–Kier alpha value is -2.60. The number of carbonyl (C=O) groups is 1. The average molecular weight is 330 g/mol. The van der Waals surface area contributed by atoms with E-state index in [0.29, 0.717) is 6.42 Å². The van der Waals surface area contributed by atoms with Crippen molar-refractivity contribution in [2.24, 2.45) is 0 Å². The highest BCUT2D eigenvalue weighted by molar-refractivity contribution is 5.98. The number of fused-ring (bicyclic) bond motifs is 1. The van der Waals surface area contributed by atoms with Crippen molar-refractivity contribution < 1.29 is 4.79 Å². The number of hydrogen-bond acceptors (Lipinski definition) is 3. The van der Waals surface area contributed by atoms with Gasteiger partial charge >= 0.3 is 0 Å². The molecule has 1 saturated heterocycles.